The second kappa shape index (κ2) is 14.2. The monoisotopic (exact) mass is 647 g/mol. The first-order valence-corrected chi connectivity index (χ1v) is 13.5. The average Bonchev–Trinajstić information content (AvgIpc) is 2.99. The van der Waals surface area contributed by atoms with Gasteiger partial charge in [-0.05, 0) is 18.2 Å². The highest BCUT2D eigenvalue weighted by Crippen LogP contribution is 2.25. The smallest absolute Gasteiger partial charge is 0.411 e. The fourth-order valence-corrected chi connectivity index (χ4v) is 4.49. The zero-order chi connectivity index (χ0) is 34.5. The molecule has 0 aromatic carbocycles. The van der Waals surface area contributed by atoms with Crippen molar-refractivity contribution in [2.24, 2.45) is 21.1 Å². The van der Waals surface area contributed by atoms with Crippen molar-refractivity contribution in [3.05, 3.63) is 67.9 Å². The van der Waals surface area contributed by atoms with Crippen molar-refractivity contribution in [3.8, 4) is 17.2 Å². The summed E-state index contributed by atoms with van der Waals surface area (Å²) < 4.78 is 3.10. The Hall–Kier alpha value is -5.98. The van der Waals surface area contributed by atoms with Gasteiger partial charge in [-0.25, -0.2) is 14.4 Å². The molecule has 3 rings (SSSR count). The predicted octanol–water partition coefficient (Wildman–Crippen LogP) is 0.0551. The Morgan fingerprint density at radius 3 is 0.978 bits per heavy atom. The third kappa shape index (κ3) is 7.38. The molecule has 0 saturated carbocycles. The van der Waals surface area contributed by atoms with Gasteiger partial charge < -0.3 is 44.3 Å². The van der Waals surface area contributed by atoms with Crippen LogP contribution in [0.3, 0.4) is 0 Å². The lowest BCUT2D eigenvalue weighted by atomic mass is 10.3. The molecular formula is C27H33N7O12. The van der Waals surface area contributed by atoms with Gasteiger partial charge in [0.25, 0.3) is 16.7 Å². The summed E-state index contributed by atoms with van der Waals surface area (Å²) in [4.78, 5) is 76.5. The molecule has 3 aromatic rings. The summed E-state index contributed by atoms with van der Waals surface area (Å²) in [5.74, 6) is -2.51. The Morgan fingerprint density at radius 2 is 0.761 bits per heavy atom. The van der Waals surface area contributed by atoms with E-state index in [2.05, 4.69) is 0 Å². The van der Waals surface area contributed by atoms with E-state index in [1.807, 2.05) is 0 Å². The van der Waals surface area contributed by atoms with Crippen molar-refractivity contribution in [1.82, 2.24) is 18.6 Å². The highest BCUT2D eigenvalue weighted by Gasteiger charge is 2.26. The van der Waals surface area contributed by atoms with Crippen molar-refractivity contribution in [3.63, 3.8) is 0 Å². The standard InChI is InChI=1S/C27H33N7O12/c1-28-7-4-16(19(35)22(28)38)32(25(41)42)13-10-31(11-14-33(26(43)44)17-5-8-29(2)23(39)20(17)36)12-15-34(27(45)46)18-6-9-30(3)24(40)21(18)37/h4-9,35-37H,10-15H2,1-3H3,(H,41,42)(H,43,44)(H,45,46). The molecule has 3 amide bonds. The Morgan fingerprint density at radius 1 is 0.522 bits per heavy atom. The minimum Gasteiger partial charge on any atom is -0.502 e. The molecule has 0 aliphatic heterocycles. The molecule has 46 heavy (non-hydrogen) atoms. The van der Waals surface area contributed by atoms with Gasteiger partial charge in [0, 0.05) is 79.0 Å². The number of hydrogen-bond acceptors (Lipinski definition) is 10. The highest BCUT2D eigenvalue weighted by molar-refractivity contribution is 5.89. The molecule has 0 unspecified atom stereocenters. The van der Waals surface area contributed by atoms with Gasteiger partial charge in [-0.1, -0.05) is 0 Å². The maximum atomic E-state index is 12.2. The lowest BCUT2D eigenvalue weighted by Crippen LogP contribution is -2.46. The van der Waals surface area contributed by atoms with E-state index in [9.17, 15) is 59.4 Å². The third-order valence-electron chi connectivity index (χ3n) is 7.15. The van der Waals surface area contributed by atoms with Crippen LogP contribution in [0.5, 0.6) is 17.2 Å². The van der Waals surface area contributed by atoms with Crippen LogP contribution in [0.4, 0.5) is 31.4 Å². The molecule has 3 aromatic heterocycles. The van der Waals surface area contributed by atoms with Crippen LogP contribution in [0.25, 0.3) is 0 Å². The number of anilines is 3. The Kier molecular flexibility index (Phi) is 10.7. The van der Waals surface area contributed by atoms with Crippen LogP contribution in [0.1, 0.15) is 0 Å². The molecule has 0 aliphatic rings. The summed E-state index contributed by atoms with van der Waals surface area (Å²) >= 11 is 0. The van der Waals surface area contributed by atoms with E-state index in [0.717, 1.165) is 13.7 Å². The van der Waals surface area contributed by atoms with Gasteiger partial charge in [0.2, 0.25) is 17.2 Å². The number of nitrogens with zero attached hydrogens (tertiary/aromatic N) is 7. The molecule has 0 aliphatic carbocycles. The zero-order valence-corrected chi connectivity index (χ0v) is 25.0. The molecule has 3 heterocycles. The molecular weight excluding hydrogens is 614 g/mol. The summed E-state index contributed by atoms with van der Waals surface area (Å²) in [5.41, 5.74) is -3.58. The molecule has 0 spiro atoms. The van der Waals surface area contributed by atoms with Gasteiger partial charge in [-0.15, -0.1) is 0 Å². The number of aryl methyl sites for hydroxylation is 3. The fourth-order valence-electron chi connectivity index (χ4n) is 4.49. The molecule has 0 saturated heterocycles. The quantitative estimate of drug-likeness (QED) is 0.152. The van der Waals surface area contributed by atoms with E-state index < -0.39 is 71.8 Å². The summed E-state index contributed by atoms with van der Waals surface area (Å²) in [6.07, 6.45) is -0.899. The van der Waals surface area contributed by atoms with Crippen molar-refractivity contribution < 1.29 is 45.0 Å². The number of hydrogen-bond donors (Lipinski definition) is 6. The van der Waals surface area contributed by atoms with Gasteiger partial charge in [0.1, 0.15) is 0 Å². The molecule has 0 bridgehead atoms. The van der Waals surface area contributed by atoms with E-state index in [0.29, 0.717) is 14.7 Å². The number of carboxylic acid groups (broad SMARTS) is 3. The fraction of sp³-hybridized carbons (Fsp3) is 0.333. The lowest BCUT2D eigenvalue weighted by molar-refractivity contribution is 0.196. The summed E-state index contributed by atoms with van der Waals surface area (Å²) in [6.45, 7) is -1.84. The largest absolute Gasteiger partial charge is 0.502 e. The number of carbonyl (C=O) groups is 3. The Bertz CT molecular complexity index is 1610. The Labute approximate surface area is 259 Å². The number of pyridine rings is 3. The summed E-state index contributed by atoms with van der Waals surface area (Å²) in [7, 11) is 4.05. The van der Waals surface area contributed by atoms with E-state index in [1.165, 1.54) is 62.8 Å². The molecule has 19 nitrogen and oxygen atoms in total. The molecule has 0 radical (unpaired) electrons. The van der Waals surface area contributed by atoms with Gasteiger partial charge in [0.05, 0.1) is 17.1 Å². The SMILES string of the molecule is Cn1ccc(N(CCN(CCN(C(=O)O)c2ccn(C)c(=O)c2O)CCN(C(=O)O)c2ccn(C)c(=O)c2O)C(=O)O)c(O)c1=O. The van der Waals surface area contributed by atoms with Crippen LogP contribution in [0.2, 0.25) is 0 Å². The predicted molar refractivity (Wildman–Crippen MR) is 163 cm³/mol. The van der Waals surface area contributed by atoms with Crippen LogP contribution in [-0.2, 0) is 21.1 Å². The number of rotatable bonds is 12. The minimum atomic E-state index is -1.54. The van der Waals surface area contributed by atoms with Gasteiger partial charge in [-0.2, -0.15) is 0 Å². The number of aromatic hydroxyl groups is 3. The first kappa shape index (κ1) is 34.5. The van der Waals surface area contributed by atoms with Gasteiger partial charge >= 0.3 is 18.3 Å². The first-order chi connectivity index (χ1) is 21.6. The van der Waals surface area contributed by atoms with Gasteiger partial charge in [-0.3, -0.25) is 34.0 Å². The highest BCUT2D eigenvalue weighted by atomic mass is 16.4. The number of aromatic nitrogens is 3. The Balaban J connectivity index is 1.95. The van der Waals surface area contributed by atoms with Crippen LogP contribution in [0.15, 0.2) is 51.2 Å². The molecule has 19 heteroatoms. The summed E-state index contributed by atoms with van der Waals surface area (Å²) in [5, 5.41) is 60.6. The van der Waals surface area contributed by atoms with Crippen molar-refractivity contribution >= 4 is 35.3 Å². The average molecular weight is 648 g/mol. The number of amides is 3. The maximum absolute atomic E-state index is 12.2. The minimum absolute atomic E-state index is 0.215. The van der Waals surface area contributed by atoms with Crippen LogP contribution >= 0.6 is 0 Å². The van der Waals surface area contributed by atoms with Crippen molar-refractivity contribution in [1.29, 1.82) is 0 Å². The second-order valence-electron chi connectivity index (χ2n) is 10.0. The van der Waals surface area contributed by atoms with Crippen LogP contribution < -0.4 is 31.4 Å². The topological polar surface area (TPSA) is 252 Å². The first-order valence-electron chi connectivity index (χ1n) is 13.5. The molecule has 0 atom stereocenters. The third-order valence-corrected chi connectivity index (χ3v) is 7.15. The van der Waals surface area contributed by atoms with E-state index in [1.54, 1.807) is 0 Å². The second-order valence-corrected chi connectivity index (χ2v) is 10.0. The van der Waals surface area contributed by atoms with Gasteiger partial charge in [0.15, 0.2) is 0 Å². The van der Waals surface area contributed by atoms with Crippen molar-refractivity contribution in [2.75, 3.05) is 54.0 Å². The molecule has 6 N–H and O–H groups in total. The van der Waals surface area contributed by atoms with Crippen LogP contribution in [0, 0.1) is 0 Å². The zero-order valence-electron chi connectivity index (χ0n) is 25.0. The molecule has 0 fully saturated rings. The van der Waals surface area contributed by atoms with Crippen molar-refractivity contribution in [2.45, 2.75) is 0 Å². The summed E-state index contributed by atoms with van der Waals surface area (Å²) in [6, 6.07) is 3.60. The molecule has 248 valence electrons. The normalized spacial score (nSPS) is 11.0. The lowest BCUT2D eigenvalue weighted by Gasteiger charge is -2.30. The van der Waals surface area contributed by atoms with E-state index in [-0.39, 0.29) is 36.7 Å². The van der Waals surface area contributed by atoms with Crippen LogP contribution in [-0.4, -0.2) is 107 Å². The van der Waals surface area contributed by atoms with E-state index >= 15 is 0 Å². The van der Waals surface area contributed by atoms with E-state index in [4.69, 9.17) is 0 Å². The maximum Gasteiger partial charge on any atom is 0.411 e.